The van der Waals surface area contributed by atoms with Crippen molar-refractivity contribution >= 4 is 49.9 Å². The van der Waals surface area contributed by atoms with E-state index in [1.165, 1.54) is 0 Å². The van der Waals surface area contributed by atoms with Gasteiger partial charge in [0.2, 0.25) is 0 Å². The molecule has 6 N–H and O–H groups in total. The number of nitrogen functional groups attached to an aromatic ring is 2. The number of hydrogen-bond donors (Lipinski definition) is 4. The number of anilines is 2. The van der Waals surface area contributed by atoms with Gasteiger partial charge >= 0.3 is 0 Å². The zero-order chi connectivity index (χ0) is 61.8. The van der Waals surface area contributed by atoms with Gasteiger partial charge in [0.05, 0.1) is 45.4 Å². The molecule has 5 rings (SSSR count). The van der Waals surface area contributed by atoms with E-state index < -0.39 is 11.2 Å². The van der Waals surface area contributed by atoms with Crippen molar-refractivity contribution in [3.05, 3.63) is 114 Å². The maximum absolute atomic E-state index is 9.10. The SMILES string of the molecule is CC.CC.CC.CC.CC.CC.CC.CC.CC(C)(C)C.CC(C)(C)Cc1nccnc1-c1ccc(N)cc1.CC(C)(O)C(C)(C)O.Cc1nccnc1C.Cc1nccnc1CC(C)(C)C.[B].[B].[B].[B]c1ccc(N)cc1. The Kier molecular flexibility index (Phi) is 80.7. The second-order valence-electron chi connectivity index (χ2n) is 19.5. The van der Waals surface area contributed by atoms with Crippen LogP contribution in [0, 0.1) is 37.0 Å². The third-order valence-electron chi connectivity index (χ3n) is 7.90. The Hall–Kier alpha value is -4.54. The number of hydrogen-bond acceptors (Lipinski definition) is 10. The van der Waals surface area contributed by atoms with Gasteiger partial charge in [0.1, 0.15) is 7.85 Å². The average Bonchev–Trinajstić information content (AvgIpc) is 3.36. The summed E-state index contributed by atoms with van der Waals surface area (Å²) in [6.07, 6.45) is 12.3. The number of benzene rings is 2. The van der Waals surface area contributed by atoms with Crippen molar-refractivity contribution in [3.63, 3.8) is 0 Å². The van der Waals surface area contributed by atoms with Crippen LogP contribution in [0.3, 0.4) is 0 Å². The molecule has 0 amide bonds. The van der Waals surface area contributed by atoms with Crippen LogP contribution < -0.4 is 16.9 Å². The number of aliphatic hydroxyl groups is 2. The molecule has 0 bridgehead atoms. The summed E-state index contributed by atoms with van der Waals surface area (Å²) in [5.41, 5.74) is 19.5. The van der Waals surface area contributed by atoms with Crippen molar-refractivity contribution in [2.75, 3.05) is 11.5 Å². The Morgan fingerprint density at radius 1 is 0.372 bits per heavy atom. The molecule has 0 fully saturated rings. The molecular formula is C64H123B4N8O2. The van der Waals surface area contributed by atoms with E-state index in [1.807, 2.05) is 156 Å². The summed E-state index contributed by atoms with van der Waals surface area (Å²) in [7, 11) is 5.37. The first-order chi connectivity index (χ1) is 34.8. The van der Waals surface area contributed by atoms with Crippen LogP contribution in [0.1, 0.15) is 236 Å². The molecule has 0 saturated heterocycles. The van der Waals surface area contributed by atoms with Crippen LogP contribution in [0.4, 0.5) is 11.4 Å². The minimum Gasteiger partial charge on any atom is -0.399 e. The normalized spacial score (nSPS) is 9.17. The van der Waals surface area contributed by atoms with Crippen molar-refractivity contribution in [3.8, 4) is 11.3 Å². The zero-order valence-corrected chi connectivity index (χ0v) is 57.0. The molecule has 14 heteroatoms. The molecule has 0 spiro atoms. The fourth-order valence-corrected chi connectivity index (χ4v) is 3.97. The summed E-state index contributed by atoms with van der Waals surface area (Å²) in [5, 5.41) is 18.2. The van der Waals surface area contributed by atoms with E-state index in [2.05, 4.69) is 99.1 Å². The van der Waals surface area contributed by atoms with Gasteiger partial charge in [0, 0.05) is 79.4 Å². The summed E-state index contributed by atoms with van der Waals surface area (Å²) >= 11 is 0. The molecular weight excluding hydrogens is 956 g/mol. The van der Waals surface area contributed by atoms with Gasteiger partial charge in [-0.2, -0.15) is 0 Å². The first kappa shape index (κ1) is 102. The molecule has 2 aromatic carbocycles. The molecule has 443 valence electrons. The van der Waals surface area contributed by atoms with Crippen LogP contribution in [0.5, 0.6) is 0 Å². The van der Waals surface area contributed by atoms with Crippen molar-refractivity contribution < 1.29 is 10.2 Å². The molecule has 0 aliphatic heterocycles. The first-order valence-corrected chi connectivity index (χ1v) is 28.0. The van der Waals surface area contributed by atoms with E-state index in [9.17, 15) is 0 Å². The lowest BCUT2D eigenvalue weighted by Crippen LogP contribution is -2.44. The minimum absolute atomic E-state index is 0. The third kappa shape index (κ3) is 69.5. The van der Waals surface area contributed by atoms with Crippen molar-refractivity contribution in [1.82, 2.24) is 29.9 Å². The van der Waals surface area contributed by atoms with Crippen LogP contribution in [-0.2, 0) is 12.8 Å². The van der Waals surface area contributed by atoms with Gasteiger partial charge in [-0.3, -0.25) is 29.9 Å². The fourth-order valence-electron chi connectivity index (χ4n) is 3.97. The van der Waals surface area contributed by atoms with E-state index in [1.54, 1.807) is 89.1 Å². The second kappa shape index (κ2) is 61.7. The molecule has 3 aromatic heterocycles. The number of rotatable bonds is 4. The van der Waals surface area contributed by atoms with Crippen LogP contribution >= 0.6 is 0 Å². The summed E-state index contributed by atoms with van der Waals surface area (Å²) in [6, 6.07) is 14.9. The lowest BCUT2D eigenvalue weighted by atomic mass is 9.89. The number of aryl methyl sites for hydroxylation is 3. The summed E-state index contributed by atoms with van der Waals surface area (Å²) in [6.45, 7) is 66.2. The smallest absolute Gasteiger partial charge is 0.113 e. The topological polar surface area (TPSA) is 170 Å². The highest BCUT2D eigenvalue weighted by Crippen LogP contribution is 2.27. The van der Waals surface area contributed by atoms with Gasteiger partial charge in [-0.05, 0) is 102 Å². The molecule has 3 heterocycles. The van der Waals surface area contributed by atoms with Crippen LogP contribution in [0.15, 0.2) is 85.7 Å². The molecule has 0 atom stereocenters. The largest absolute Gasteiger partial charge is 0.399 e. The first-order valence-electron chi connectivity index (χ1n) is 28.0. The minimum atomic E-state index is -1.01. The molecule has 78 heavy (non-hydrogen) atoms. The van der Waals surface area contributed by atoms with Gasteiger partial charge in [-0.15, -0.1) is 0 Å². The van der Waals surface area contributed by atoms with Crippen LogP contribution in [-0.4, -0.2) is 84.4 Å². The van der Waals surface area contributed by atoms with Gasteiger partial charge in [0.25, 0.3) is 0 Å². The molecule has 0 aliphatic carbocycles. The van der Waals surface area contributed by atoms with Crippen molar-refractivity contribution in [2.45, 2.75) is 253 Å². The lowest BCUT2D eigenvalue weighted by molar-refractivity contribution is -0.107. The van der Waals surface area contributed by atoms with E-state index in [4.69, 9.17) is 29.5 Å². The highest BCUT2D eigenvalue weighted by atomic mass is 16.3. The molecule has 5 aromatic rings. The Balaban J connectivity index is -0.0000000651. The average molecular weight is 1080 g/mol. The van der Waals surface area contributed by atoms with E-state index in [-0.39, 0.29) is 30.7 Å². The number of nitrogens with zero attached hydrogens (tertiary/aromatic N) is 6. The molecule has 0 aliphatic rings. The van der Waals surface area contributed by atoms with Gasteiger partial charge in [-0.25, -0.2) is 0 Å². The molecule has 10 nitrogen and oxygen atoms in total. The summed E-state index contributed by atoms with van der Waals surface area (Å²) in [4.78, 5) is 25.5. The summed E-state index contributed by atoms with van der Waals surface area (Å²) < 4.78 is 0. The van der Waals surface area contributed by atoms with Gasteiger partial charge < -0.3 is 21.7 Å². The van der Waals surface area contributed by atoms with E-state index in [0.717, 1.165) is 69.4 Å². The molecule has 11 radical (unpaired) electrons. The number of nitrogens with two attached hydrogens (primary N) is 2. The number of aromatic nitrogens is 6. The Morgan fingerprint density at radius 3 is 0.846 bits per heavy atom. The zero-order valence-electron chi connectivity index (χ0n) is 57.0. The van der Waals surface area contributed by atoms with Gasteiger partial charge in [0.15, 0.2) is 0 Å². The lowest BCUT2D eigenvalue weighted by Gasteiger charge is -2.31. The second-order valence-corrected chi connectivity index (χ2v) is 19.5. The predicted molar refractivity (Wildman–Crippen MR) is 358 cm³/mol. The third-order valence-corrected chi connectivity index (χ3v) is 7.90. The summed E-state index contributed by atoms with van der Waals surface area (Å²) in [5.74, 6) is 0. The Bertz CT molecular complexity index is 1860. The van der Waals surface area contributed by atoms with Crippen molar-refractivity contribution in [2.24, 2.45) is 16.2 Å². The molecule has 0 unspecified atom stereocenters. The molecule has 0 saturated carbocycles. The Morgan fingerprint density at radius 2 is 0.603 bits per heavy atom. The van der Waals surface area contributed by atoms with E-state index >= 15 is 0 Å². The standard InChI is InChI=1S/C15H19N3.C10H16N2.C6H6BN.C6H8N2.C6H14O2.C5H12.8C2H6.3B/c1-15(2,3)10-13-14(18-9-8-17-13)11-4-6-12(16)7-5-11;1-8-9(7-10(2,3)4)12-6-5-11-8;7-5-1-3-6(8)4-2-5;1-5-6(2)8-4-3-7-5;1-5(2,7)6(3,4)8;1-5(2,3)4;8*1-2;;;/h4-9H,10,16H2,1-3H3;5-6H,7H2,1-4H3;1-4H,8H2;3-4H,1-2H3;7-8H,1-4H3;1-4H3;8*1-2H3;;;. The Labute approximate surface area is 493 Å². The highest BCUT2D eigenvalue weighted by Gasteiger charge is 2.32. The van der Waals surface area contributed by atoms with Gasteiger partial charge in [-0.1, -0.05) is 210 Å². The van der Waals surface area contributed by atoms with Crippen molar-refractivity contribution in [1.29, 1.82) is 0 Å². The van der Waals surface area contributed by atoms with Crippen LogP contribution in [0.2, 0.25) is 0 Å². The maximum Gasteiger partial charge on any atom is 0.113 e. The fraction of sp³-hybridized carbons (Fsp3) is 0.625. The van der Waals surface area contributed by atoms with Crippen LogP contribution in [0.25, 0.3) is 11.3 Å². The maximum atomic E-state index is 9.10. The monoisotopic (exact) mass is 1080 g/mol. The van der Waals surface area contributed by atoms with E-state index in [0.29, 0.717) is 10.8 Å². The highest BCUT2D eigenvalue weighted by molar-refractivity contribution is 6.32. The quantitative estimate of drug-likeness (QED) is 0.100. The predicted octanol–water partition coefficient (Wildman–Crippen LogP) is 16.5.